The third kappa shape index (κ3) is 2.88. The Hall–Kier alpha value is -1.75. The van der Waals surface area contributed by atoms with Crippen LogP contribution in [0.4, 0.5) is 5.69 Å². The summed E-state index contributed by atoms with van der Waals surface area (Å²) in [6.45, 7) is 5.25. The minimum Gasteiger partial charge on any atom is -0.495 e. The zero-order chi connectivity index (χ0) is 14.7. The molecule has 5 nitrogen and oxygen atoms in total. The number of hydrogen-bond donors (Lipinski definition) is 1. The van der Waals surface area contributed by atoms with Crippen LogP contribution in [0.15, 0.2) is 18.2 Å². The predicted molar refractivity (Wildman–Crippen MR) is 77.9 cm³/mol. The van der Waals surface area contributed by atoms with E-state index in [1.165, 1.54) is 0 Å². The van der Waals surface area contributed by atoms with Crippen molar-refractivity contribution in [2.75, 3.05) is 26.0 Å². The number of ether oxygens (including phenoxy) is 2. The van der Waals surface area contributed by atoms with Gasteiger partial charge in [-0.3, -0.25) is 4.79 Å². The van der Waals surface area contributed by atoms with Crippen LogP contribution >= 0.6 is 0 Å². The molecule has 5 heteroatoms. The molecule has 0 spiro atoms. The Balaban J connectivity index is 2.22. The summed E-state index contributed by atoms with van der Waals surface area (Å²) in [6.07, 6.45) is 0.946. The number of carbonyl (C=O) groups is 1. The fourth-order valence-electron chi connectivity index (χ4n) is 2.46. The van der Waals surface area contributed by atoms with Gasteiger partial charge in [0.1, 0.15) is 5.75 Å². The number of nitrogen functional groups attached to an aromatic ring is 1. The molecule has 2 rings (SSSR count). The molecule has 1 aromatic rings. The molecule has 110 valence electrons. The normalized spacial score (nSPS) is 22.6. The summed E-state index contributed by atoms with van der Waals surface area (Å²) in [6, 6.07) is 5.29. The lowest BCUT2D eigenvalue weighted by atomic mass is 10.1. The van der Waals surface area contributed by atoms with E-state index in [9.17, 15) is 4.79 Å². The van der Waals surface area contributed by atoms with Crippen molar-refractivity contribution in [3.05, 3.63) is 23.8 Å². The largest absolute Gasteiger partial charge is 0.495 e. The van der Waals surface area contributed by atoms with Gasteiger partial charge in [0.25, 0.3) is 5.91 Å². The second-order valence-corrected chi connectivity index (χ2v) is 5.12. The molecule has 0 radical (unpaired) electrons. The maximum Gasteiger partial charge on any atom is 0.254 e. The number of carbonyl (C=O) groups excluding carboxylic acids is 1. The van der Waals surface area contributed by atoms with E-state index in [4.69, 9.17) is 15.2 Å². The van der Waals surface area contributed by atoms with E-state index in [1.807, 2.05) is 11.8 Å². The van der Waals surface area contributed by atoms with E-state index in [2.05, 4.69) is 6.92 Å². The smallest absolute Gasteiger partial charge is 0.254 e. The number of hydrogen-bond acceptors (Lipinski definition) is 4. The van der Waals surface area contributed by atoms with Crippen LogP contribution in [-0.4, -0.2) is 43.2 Å². The van der Waals surface area contributed by atoms with Crippen molar-refractivity contribution in [1.82, 2.24) is 4.90 Å². The zero-order valence-electron chi connectivity index (χ0n) is 12.3. The van der Waals surface area contributed by atoms with Gasteiger partial charge in [0.15, 0.2) is 0 Å². The maximum absolute atomic E-state index is 12.6. The Kier molecular flexibility index (Phi) is 4.49. The van der Waals surface area contributed by atoms with Gasteiger partial charge in [0, 0.05) is 12.1 Å². The minimum atomic E-state index is 0.00125. The van der Waals surface area contributed by atoms with Crippen molar-refractivity contribution in [2.24, 2.45) is 0 Å². The van der Waals surface area contributed by atoms with E-state index in [0.717, 1.165) is 6.42 Å². The summed E-state index contributed by atoms with van der Waals surface area (Å²) in [4.78, 5) is 14.5. The second-order valence-electron chi connectivity index (χ2n) is 5.12. The second kappa shape index (κ2) is 6.13. The summed E-state index contributed by atoms with van der Waals surface area (Å²) in [7, 11) is 1.56. The monoisotopic (exact) mass is 278 g/mol. The summed E-state index contributed by atoms with van der Waals surface area (Å²) in [5.41, 5.74) is 6.95. The molecule has 1 aliphatic rings. The summed E-state index contributed by atoms with van der Waals surface area (Å²) >= 11 is 0. The lowest BCUT2D eigenvalue weighted by Gasteiger charge is -2.38. The Morgan fingerprint density at radius 2 is 2.30 bits per heavy atom. The molecule has 1 aromatic carbocycles. The highest BCUT2D eigenvalue weighted by Crippen LogP contribution is 2.24. The van der Waals surface area contributed by atoms with Crippen LogP contribution in [0, 0.1) is 0 Å². The van der Waals surface area contributed by atoms with Crippen molar-refractivity contribution in [3.63, 3.8) is 0 Å². The topological polar surface area (TPSA) is 64.8 Å². The van der Waals surface area contributed by atoms with Crippen LogP contribution < -0.4 is 10.5 Å². The molecule has 1 saturated heterocycles. The van der Waals surface area contributed by atoms with Crippen LogP contribution in [-0.2, 0) is 4.74 Å². The lowest BCUT2D eigenvalue weighted by Crippen LogP contribution is -2.51. The van der Waals surface area contributed by atoms with Gasteiger partial charge >= 0.3 is 0 Å². The number of amides is 1. The highest BCUT2D eigenvalue weighted by Gasteiger charge is 2.30. The van der Waals surface area contributed by atoms with Gasteiger partial charge in [-0.2, -0.15) is 0 Å². The first kappa shape index (κ1) is 14.7. The van der Waals surface area contributed by atoms with E-state index in [0.29, 0.717) is 30.2 Å². The SMILES string of the molecule is CCC1COC(C)CN1C(=O)c1ccc(OC)c(N)c1. The number of benzene rings is 1. The third-order valence-corrected chi connectivity index (χ3v) is 3.68. The van der Waals surface area contributed by atoms with Crippen LogP contribution in [0.1, 0.15) is 30.6 Å². The number of nitrogens with zero attached hydrogens (tertiary/aromatic N) is 1. The first-order chi connectivity index (χ1) is 9.56. The molecule has 1 fully saturated rings. The van der Waals surface area contributed by atoms with E-state index >= 15 is 0 Å². The van der Waals surface area contributed by atoms with Gasteiger partial charge < -0.3 is 20.1 Å². The molecule has 2 N–H and O–H groups in total. The molecule has 1 aliphatic heterocycles. The standard InChI is InChI=1S/C15H22N2O3/c1-4-12-9-20-10(2)8-17(12)15(18)11-5-6-14(19-3)13(16)7-11/h5-7,10,12H,4,8-9,16H2,1-3H3. The fraction of sp³-hybridized carbons (Fsp3) is 0.533. The molecule has 2 atom stereocenters. The van der Waals surface area contributed by atoms with Gasteiger partial charge in [0.2, 0.25) is 0 Å². The number of methoxy groups -OCH3 is 1. The maximum atomic E-state index is 12.6. The number of anilines is 1. The molecule has 20 heavy (non-hydrogen) atoms. The highest BCUT2D eigenvalue weighted by atomic mass is 16.5. The highest BCUT2D eigenvalue weighted by molar-refractivity contribution is 5.95. The Labute approximate surface area is 119 Å². The Morgan fingerprint density at radius 1 is 1.55 bits per heavy atom. The summed E-state index contributed by atoms with van der Waals surface area (Å²) in [5, 5.41) is 0. The molecule has 0 saturated carbocycles. The van der Waals surface area contributed by atoms with Gasteiger partial charge in [0.05, 0.1) is 31.5 Å². The first-order valence-corrected chi connectivity index (χ1v) is 6.92. The third-order valence-electron chi connectivity index (χ3n) is 3.68. The van der Waals surface area contributed by atoms with Gasteiger partial charge in [-0.1, -0.05) is 6.92 Å². The quantitative estimate of drug-likeness (QED) is 0.858. The van der Waals surface area contributed by atoms with Crippen LogP contribution in [0.25, 0.3) is 0 Å². The molecule has 1 heterocycles. The van der Waals surface area contributed by atoms with Crippen molar-refractivity contribution >= 4 is 11.6 Å². The number of nitrogens with two attached hydrogens (primary N) is 1. The molecule has 0 bridgehead atoms. The molecule has 1 amide bonds. The average Bonchev–Trinajstić information content (AvgIpc) is 2.46. The minimum absolute atomic E-state index is 0.00125. The average molecular weight is 278 g/mol. The Bertz CT molecular complexity index is 490. The lowest BCUT2D eigenvalue weighted by molar-refractivity contribution is -0.0444. The van der Waals surface area contributed by atoms with Gasteiger partial charge in [-0.05, 0) is 31.5 Å². The van der Waals surface area contributed by atoms with E-state index < -0.39 is 0 Å². The van der Waals surface area contributed by atoms with Crippen LogP contribution in [0.2, 0.25) is 0 Å². The van der Waals surface area contributed by atoms with Gasteiger partial charge in [-0.15, -0.1) is 0 Å². The van der Waals surface area contributed by atoms with Crippen molar-refractivity contribution in [3.8, 4) is 5.75 Å². The summed E-state index contributed by atoms with van der Waals surface area (Å²) < 4.78 is 10.7. The summed E-state index contributed by atoms with van der Waals surface area (Å²) in [5.74, 6) is 0.588. The van der Waals surface area contributed by atoms with Crippen LogP contribution in [0.3, 0.4) is 0 Å². The molecule has 2 unspecified atom stereocenters. The van der Waals surface area contributed by atoms with Crippen molar-refractivity contribution in [2.45, 2.75) is 32.4 Å². The van der Waals surface area contributed by atoms with E-state index in [-0.39, 0.29) is 18.1 Å². The predicted octanol–water partition coefficient (Wildman–Crippen LogP) is 1.92. The first-order valence-electron chi connectivity index (χ1n) is 6.92. The zero-order valence-corrected chi connectivity index (χ0v) is 12.3. The molecular weight excluding hydrogens is 256 g/mol. The number of morpholine rings is 1. The fourth-order valence-corrected chi connectivity index (χ4v) is 2.46. The molecule has 0 aliphatic carbocycles. The molecular formula is C15H22N2O3. The Morgan fingerprint density at radius 3 is 2.90 bits per heavy atom. The van der Waals surface area contributed by atoms with E-state index in [1.54, 1.807) is 25.3 Å². The van der Waals surface area contributed by atoms with Gasteiger partial charge in [-0.25, -0.2) is 0 Å². The molecule has 0 aromatic heterocycles. The van der Waals surface area contributed by atoms with Crippen molar-refractivity contribution in [1.29, 1.82) is 0 Å². The van der Waals surface area contributed by atoms with Crippen LogP contribution in [0.5, 0.6) is 5.75 Å². The van der Waals surface area contributed by atoms with Crippen molar-refractivity contribution < 1.29 is 14.3 Å². The number of rotatable bonds is 3.